The van der Waals surface area contributed by atoms with Gasteiger partial charge in [-0.2, -0.15) is 5.10 Å². The number of halogens is 1. The summed E-state index contributed by atoms with van der Waals surface area (Å²) in [6.45, 7) is 1.86. The number of fused-ring (bicyclic) bond motifs is 1. The molecule has 0 radical (unpaired) electrons. The highest BCUT2D eigenvalue weighted by Crippen LogP contribution is 2.53. The number of hydrogen-bond donors (Lipinski definition) is 1. The Hall–Kier alpha value is -3.84. The van der Waals surface area contributed by atoms with E-state index in [0.717, 1.165) is 51.8 Å². The lowest BCUT2D eigenvalue weighted by atomic mass is 9.95. The van der Waals surface area contributed by atoms with Crippen molar-refractivity contribution in [3.05, 3.63) is 89.2 Å². The zero-order chi connectivity index (χ0) is 24.2. The van der Waals surface area contributed by atoms with Crippen LogP contribution >= 0.6 is 11.6 Å². The van der Waals surface area contributed by atoms with Gasteiger partial charge in [0.2, 0.25) is 0 Å². The van der Waals surface area contributed by atoms with Gasteiger partial charge >= 0.3 is 0 Å². The normalized spacial score (nSPS) is 14.3. The van der Waals surface area contributed by atoms with Gasteiger partial charge in [-0.3, -0.25) is 0 Å². The Kier molecular flexibility index (Phi) is 5.04. The number of nitrogens with zero attached hydrogens (tertiary/aromatic N) is 5. The van der Waals surface area contributed by atoms with E-state index in [0.29, 0.717) is 11.6 Å². The highest BCUT2D eigenvalue weighted by molar-refractivity contribution is 6.30. The number of imidazole rings is 1. The lowest BCUT2D eigenvalue weighted by Gasteiger charge is -2.15. The van der Waals surface area contributed by atoms with Gasteiger partial charge in [0.15, 0.2) is 0 Å². The van der Waals surface area contributed by atoms with E-state index in [1.54, 1.807) is 18.1 Å². The first-order valence-electron chi connectivity index (χ1n) is 11.5. The van der Waals surface area contributed by atoms with Crippen LogP contribution in [0.5, 0.6) is 5.75 Å². The summed E-state index contributed by atoms with van der Waals surface area (Å²) >= 11 is 6.14. The maximum atomic E-state index is 6.14. The first-order valence-corrected chi connectivity index (χ1v) is 11.9. The quantitative estimate of drug-likeness (QED) is 0.322. The van der Waals surface area contributed by atoms with E-state index in [1.807, 2.05) is 37.3 Å². The summed E-state index contributed by atoms with van der Waals surface area (Å²) < 4.78 is 9.59. The van der Waals surface area contributed by atoms with Gasteiger partial charge in [-0.1, -0.05) is 29.8 Å². The standard InChI is InChI=1S/C27H25ClN6O/c1-17-29-16-34(32-17)22-12-11-20(15-24(22)35-3)30-21-5-4-6-23-25(21)31-26(33(23)2)27(13-14-27)18-7-9-19(28)10-8-18/h4-12,15-16,30H,13-14H2,1-3H3. The van der Waals surface area contributed by atoms with Gasteiger partial charge in [-0.05, 0) is 61.7 Å². The average Bonchev–Trinajstić information content (AvgIpc) is 3.44. The van der Waals surface area contributed by atoms with Crippen LogP contribution in [0.2, 0.25) is 5.02 Å². The zero-order valence-electron chi connectivity index (χ0n) is 19.8. The molecule has 6 rings (SSSR count). The van der Waals surface area contributed by atoms with E-state index in [9.17, 15) is 0 Å². The fraction of sp³-hybridized carbons (Fsp3) is 0.222. The van der Waals surface area contributed by atoms with Crippen LogP contribution in [-0.2, 0) is 12.5 Å². The van der Waals surface area contributed by atoms with Crippen molar-refractivity contribution >= 4 is 34.0 Å². The fourth-order valence-corrected chi connectivity index (χ4v) is 4.97. The molecule has 0 atom stereocenters. The SMILES string of the molecule is COc1cc(Nc2cccc3c2nc(C2(c4ccc(Cl)cc4)CC2)n3C)ccc1-n1cnc(C)n1. The molecule has 1 N–H and O–H groups in total. The van der Waals surface area contributed by atoms with Crippen LogP contribution in [0.4, 0.5) is 11.4 Å². The summed E-state index contributed by atoms with van der Waals surface area (Å²) in [5, 5.41) is 8.70. The summed E-state index contributed by atoms with van der Waals surface area (Å²) in [7, 11) is 3.76. The number of methoxy groups -OCH3 is 1. The van der Waals surface area contributed by atoms with Crippen LogP contribution in [0.1, 0.15) is 30.1 Å². The number of rotatable bonds is 6. The Morgan fingerprint density at radius 3 is 2.54 bits per heavy atom. The number of para-hydroxylation sites is 1. The van der Waals surface area contributed by atoms with E-state index in [-0.39, 0.29) is 5.41 Å². The molecule has 0 bridgehead atoms. The minimum Gasteiger partial charge on any atom is -0.494 e. The molecular weight excluding hydrogens is 460 g/mol. The Morgan fingerprint density at radius 2 is 1.86 bits per heavy atom. The van der Waals surface area contributed by atoms with E-state index < -0.39 is 0 Å². The highest BCUT2D eigenvalue weighted by Gasteiger charge is 2.49. The van der Waals surface area contributed by atoms with Crippen LogP contribution < -0.4 is 10.1 Å². The van der Waals surface area contributed by atoms with E-state index in [2.05, 4.69) is 57.3 Å². The monoisotopic (exact) mass is 484 g/mol. The van der Waals surface area contributed by atoms with Gasteiger partial charge in [-0.25, -0.2) is 14.6 Å². The van der Waals surface area contributed by atoms with Crippen molar-refractivity contribution in [3.63, 3.8) is 0 Å². The van der Waals surface area contributed by atoms with Crippen molar-refractivity contribution in [2.24, 2.45) is 7.05 Å². The van der Waals surface area contributed by atoms with Crippen LogP contribution in [0.15, 0.2) is 67.0 Å². The van der Waals surface area contributed by atoms with Crippen LogP contribution in [0, 0.1) is 6.92 Å². The van der Waals surface area contributed by atoms with Crippen molar-refractivity contribution < 1.29 is 4.74 Å². The third-order valence-electron chi connectivity index (χ3n) is 6.80. The van der Waals surface area contributed by atoms with Crippen molar-refractivity contribution in [1.82, 2.24) is 24.3 Å². The predicted octanol–water partition coefficient (Wildman–Crippen LogP) is 5.95. The molecular formula is C27H25ClN6O. The van der Waals surface area contributed by atoms with Crippen LogP contribution in [-0.4, -0.2) is 31.4 Å². The number of aromatic nitrogens is 5. The first-order chi connectivity index (χ1) is 17.0. The molecule has 7 nitrogen and oxygen atoms in total. The summed E-state index contributed by atoms with van der Waals surface area (Å²) in [5.41, 5.74) is 5.92. The molecule has 0 amide bonds. The molecule has 0 aliphatic heterocycles. The van der Waals surface area contributed by atoms with Crippen molar-refractivity contribution in [3.8, 4) is 11.4 Å². The molecule has 0 saturated heterocycles. The summed E-state index contributed by atoms with van der Waals surface area (Å²) in [6.07, 6.45) is 3.84. The predicted molar refractivity (Wildman–Crippen MR) is 138 cm³/mol. The van der Waals surface area contributed by atoms with Gasteiger partial charge in [0, 0.05) is 23.8 Å². The topological polar surface area (TPSA) is 69.8 Å². The third-order valence-corrected chi connectivity index (χ3v) is 7.05. The van der Waals surface area contributed by atoms with E-state index in [1.165, 1.54) is 5.56 Å². The van der Waals surface area contributed by atoms with E-state index in [4.69, 9.17) is 21.3 Å². The molecule has 1 aliphatic rings. The Morgan fingerprint density at radius 1 is 1.06 bits per heavy atom. The molecule has 0 spiro atoms. The maximum absolute atomic E-state index is 6.14. The molecule has 35 heavy (non-hydrogen) atoms. The lowest BCUT2D eigenvalue weighted by Crippen LogP contribution is -2.14. The van der Waals surface area contributed by atoms with Gasteiger partial charge in [-0.15, -0.1) is 0 Å². The Labute approximate surface area is 208 Å². The second-order valence-corrected chi connectivity index (χ2v) is 9.44. The molecule has 2 aromatic heterocycles. The molecule has 5 aromatic rings. The molecule has 2 heterocycles. The zero-order valence-corrected chi connectivity index (χ0v) is 20.5. The van der Waals surface area contributed by atoms with Crippen molar-refractivity contribution in [2.75, 3.05) is 12.4 Å². The highest BCUT2D eigenvalue weighted by atomic mass is 35.5. The number of aryl methyl sites for hydroxylation is 2. The number of hydrogen-bond acceptors (Lipinski definition) is 5. The summed E-state index contributed by atoms with van der Waals surface area (Å²) in [5.74, 6) is 2.49. The fourth-order valence-electron chi connectivity index (χ4n) is 4.84. The second-order valence-electron chi connectivity index (χ2n) is 9.00. The molecule has 1 aliphatic carbocycles. The van der Waals surface area contributed by atoms with Gasteiger partial charge in [0.1, 0.15) is 34.9 Å². The molecule has 176 valence electrons. The summed E-state index contributed by atoms with van der Waals surface area (Å²) in [4.78, 5) is 9.38. The third kappa shape index (κ3) is 3.63. The van der Waals surface area contributed by atoms with Crippen molar-refractivity contribution in [1.29, 1.82) is 0 Å². The smallest absolute Gasteiger partial charge is 0.147 e. The minimum atomic E-state index is -0.0591. The Balaban J connectivity index is 1.38. The molecule has 1 saturated carbocycles. The van der Waals surface area contributed by atoms with Crippen LogP contribution in [0.25, 0.3) is 16.7 Å². The molecule has 0 unspecified atom stereocenters. The number of anilines is 2. The van der Waals surface area contributed by atoms with Gasteiger partial charge < -0.3 is 14.6 Å². The Bertz CT molecular complexity index is 1550. The lowest BCUT2D eigenvalue weighted by molar-refractivity contribution is 0.412. The second kappa shape index (κ2) is 8.13. The van der Waals surface area contributed by atoms with Gasteiger partial charge in [0.05, 0.1) is 23.7 Å². The van der Waals surface area contributed by atoms with E-state index >= 15 is 0 Å². The van der Waals surface area contributed by atoms with Crippen molar-refractivity contribution in [2.45, 2.75) is 25.2 Å². The first kappa shape index (κ1) is 21.7. The average molecular weight is 485 g/mol. The maximum Gasteiger partial charge on any atom is 0.147 e. The number of benzene rings is 3. The van der Waals surface area contributed by atoms with Crippen LogP contribution in [0.3, 0.4) is 0 Å². The number of ether oxygens (including phenoxy) is 1. The number of nitrogens with one attached hydrogen (secondary N) is 1. The largest absolute Gasteiger partial charge is 0.494 e. The minimum absolute atomic E-state index is 0.0591. The molecule has 3 aromatic carbocycles. The summed E-state index contributed by atoms with van der Waals surface area (Å²) in [6, 6.07) is 20.3. The molecule has 1 fully saturated rings. The van der Waals surface area contributed by atoms with Gasteiger partial charge in [0.25, 0.3) is 0 Å². The molecule has 8 heteroatoms.